The molecule has 7 nitrogen and oxygen atoms in total. The first-order chi connectivity index (χ1) is 17.9. The fraction of sp³-hybridized carbons (Fsp3) is 0.310. The molecule has 0 aromatic heterocycles. The molecule has 2 amide bonds. The summed E-state index contributed by atoms with van der Waals surface area (Å²) in [4.78, 5) is 28.8. The van der Waals surface area contributed by atoms with E-state index in [0.717, 1.165) is 9.87 Å². The van der Waals surface area contributed by atoms with E-state index in [-0.39, 0.29) is 23.0 Å². The molecule has 3 aromatic carbocycles. The van der Waals surface area contributed by atoms with Crippen LogP contribution in [0.1, 0.15) is 39.7 Å². The predicted octanol–water partition coefficient (Wildman–Crippen LogP) is 5.26. The average Bonchev–Trinajstić information content (AvgIpc) is 2.87. The summed E-state index contributed by atoms with van der Waals surface area (Å²) < 4.78 is 28.6. The molecule has 0 saturated heterocycles. The van der Waals surface area contributed by atoms with Crippen LogP contribution in [0.4, 0.5) is 5.69 Å². The number of hydrogen-bond acceptors (Lipinski definition) is 4. The second-order valence-corrected chi connectivity index (χ2v) is 12.3. The summed E-state index contributed by atoms with van der Waals surface area (Å²) in [5.41, 5.74) is 0.569. The predicted molar refractivity (Wildman–Crippen MR) is 151 cm³/mol. The van der Waals surface area contributed by atoms with E-state index in [4.69, 9.17) is 11.6 Å². The van der Waals surface area contributed by atoms with E-state index < -0.39 is 34.1 Å². The Labute approximate surface area is 230 Å². The second kappa shape index (κ2) is 12.5. The van der Waals surface area contributed by atoms with Gasteiger partial charge in [-0.05, 0) is 63.1 Å². The second-order valence-electron chi connectivity index (χ2n) is 9.98. The number of anilines is 1. The molecule has 1 atom stereocenters. The topological polar surface area (TPSA) is 86.8 Å². The molecule has 0 heterocycles. The Morgan fingerprint density at radius 1 is 0.921 bits per heavy atom. The molecule has 1 N–H and O–H groups in total. The minimum Gasteiger partial charge on any atom is -0.350 e. The summed E-state index contributed by atoms with van der Waals surface area (Å²) in [5, 5.41) is 3.29. The van der Waals surface area contributed by atoms with Crippen LogP contribution >= 0.6 is 11.6 Å². The van der Waals surface area contributed by atoms with Gasteiger partial charge in [-0.2, -0.15) is 0 Å². The first-order valence-electron chi connectivity index (χ1n) is 12.4. The number of carbonyl (C=O) groups is 2. The van der Waals surface area contributed by atoms with Crippen molar-refractivity contribution >= 4 is 39.1 Å². The van der Waals surface area contributed by atoms with Gasteiger partial charge in [0.05, 0.1) is 10.6 Å². The molecule has 0 spiro atoms. The zero-order chi connectivity index (χ0) is 27.9. The largest absolute Gasteiger partial charge is 0.350 e. The lowest BCUT2D eigenvalue weighted by atomic mass is 10.1. The Balaban J connectivity index is 2.05. The van der Waals surface area contributed by atoms with Crippen molar-refractivity contribution in [2.45, 2.75) is 57.1 Å². The molecule has 0 fully saturated rings. The van der Waals surface area contributed by atoms with Crippen molar-refractivity contribution in [3.63, 3.8) is 0 Å². The monoisotopic (exact) mass is 555 g/mol. The van der Waals surface area contributed by atoms with Gasteiger partial charge in [0, 0.05) is 17.1 Å². The Hall–Kier alpha value is -3.36. The molecule has 0 aliphatic carbocycles. The zero-order valence-electron chi connectivity index (χ0n) is 22.1. The van der Waals surface area contributed by atoms with E-state index >= 15 is 0 Å². The summed E-state index contributed by atoms with van der Waals surface area (Å²) in [5.74, 6) is -0.811. The lowest BCUT2D eigenvalue weighted by Gasteiger charge is -2.34. The minimum absolute atomic E-state index is 0.0416. The SMILES string of the molecule is CC[C@@H](C(=O)NC(C)(C)C)N(Cc1ccccc1)C(=O)CN(c1cccc(Cl)c1)S(=O)(=O)c1ccccc1. The van der Waals surface area contributed by atoms with Crippen molar-refractivity contribution in [2.75, 3.05) is 10.8 Å². The van der Waals surface area contributed by atoms with E-state index in [1.807, 2.05) is 58.0 Å². The molecule has 0 saturated carbocycles. The summed E-state index contributed by atoms with van der Waals surface area (Å²) in [6.07, 6.45) is 0.350. The normalized spacial score (nSPS) is 12.4. The third kappa shape index (κ3) is 7.58. The number of carbonyl (C=O) groups excluding carboxylic acids is 2. The van der Waals surface area contributed by atoms with Crippen LogP contribution in [0.2, 0.25) is 5.02 Å². The van der Waals surface area contributed by atoms with E-state index in [1.165, 1.54) is 23.1 Å². The molecule has 0 aliphatic heterocycles. The molecular formula is C29H34ClN3O4S. The lowest BCUT2D eigenvalue weighted by molar-refractivity contribution is -0.141. The number of nitrogens with one attached hydrogen (secondary N) is 1. The fourth-order valence-corrected chi connectivity index (χ4v) is 5.64. The molecule has 0 aliphatic rings. The van der Waals surface area contributed by atoms with Gasteiger partial charge in [-0.25, -0.2) is 8.42 Å². The molecule has 9 heteroatoms. The van der Waals surface area contributed by atoms with Gasteiger partial charge in [-0.3, -0.25) is 13.9 Å². The Morgan fingerprint density at radius 2 is 1.53 bits per heavy atom. The van der Waals surface area contributed by atoms with Gasteiger partial charge in [0.1, 0.15) is 12.6 Å². The number of sulfonamides is 1. The van der Waals surface area contributed by atoms with Crippen molar-refractivity contribution in [1.82, 2.24) is 10.2 Å². The van der Waals surface area contributed by atoms with Crippen molar-refractivity contribution in [3.05, 3.63) is 95.5 Å². The Morgan fingerprint density at radius 3 is 2.08 bits per heavy atom. The maximum absolute atomic E-state index is 14.0. The first kappa shape index (κ1) is 29.2. The van der Waals surface area contributed by atoms with E-state index in [1.54, 1.807) is 36.4 Å². The quantitative estimate of drug-likeness (QED) is 0.370. The summed E-state index contributed by atoms with van der Waals surface area (Å²) in [6, 6.07) is 22.8. The van der Waals surface area contributed by atoms with Gasteiger partial charge >= 0.3 is 0 Å². The standard InChI is InChI=1S/C29H34ClN3O4S/c1-5-26(28(35)31-29(2,3)4)32(20-22-13-8-6-9-14-22)27(34)21-33(24-16-12-15-23(30)19-24)38(36,37)25-17-10-7-11-18-25/h6-19,26H,5,20-21H2,1-4H3,(H,31,35)/t26-/m0/s1. The molecule has 3 aromatic rings. The molecular weight excluding hydrogens is 522 g/mol. The number of hydrogen-bond donors (Lipinski definition) is 1. The van der Waals surface area contributed by atoms with E-state index in [2.05, 4.69) is 5.32 Å². The highest BCUT2D eigenvalue weighted by atomic mass is 35.5. The maximum Gasteiger partial charge on any atom is 0.264 e. The third-order valence-electron chi connectivity index (χ3n) is 5.79. The van der Waals surface area contributed by atoms with Crippen LogP contribution in [0.25, 0.3) is 0 Å². The molecule has 3 rings (SSSR count). The van der Waals surface area contributed by atoms with Crippen LogP contribution in [0.3, 0.4) is 0 Å². The highest BCUT2D eigenvalue weighted by Crippen LogP contribution is 2.27. The molecule has 202 valence electrons. The van der Waals surface area contributed by atoms with Crippen LogP contribution in [-0.4, -0.2) is 43.3 Å². The number of halogens is 1. The minimum atomic E-state index is -4.13. The highest BCUT2D eigenvalue weighted by molar-refractivity contribution is 7.92. The lowest BCUT2D eigenvalue weighted by Crippen LogP contribution is -2.55. The molecule has 38 heavy (non-hydrogen) atoms. The molecule has 0 radical (unpaired) electrons. The van der Waals surface area contributed by atoms with Crippen LogP contribution in [0, 0.1) is 0 Å². The van der Waals surface area contributed by atoms with Crippen LogP contribution in [0.5, 0.6) is 0 Å². The fourth-order valence-electron chi connectivity index (χ4n) is 4.03. The molecule has 0 unspecified atom stereocenters. The van der Waals surface area contributed by atoms with Gasteiger partial charge in [0.25, 0.3) is 10.0 Å². The first-order valence-corrected chi connectivity index (χ1v) is 14.2. The van der Waals surface area contributed by atoms with Gasteiger partial charge in [0.15, 0.2) is 0 Å². The maximum atomic E-state index is 14.0. The molecule has 0 bridgehead atoms. The van der Waals surface area contributed by atoms with Crippen molar-refractivity contribution in [3.8, 4) is 0 Å². The smallest absolute Gasteiger partial charge is 0.264 e. The van der Waals surface area contributed by atoms with Gasteiger partial charge < -0.3 is 10.2 Å². The number of amides is 2. The summed E-state index contributed by atoms with van der Waals surface area (Å²) >= 11 is 6.20. The average molecular weight is 556 g/mol. The summed E-state index contributed by atoms with van der Waals surface area (Å²) in [7, 11) is -4.13. The summed E-state index contributed by atoms with van der Waals surface area (Å²) in [6.45, 7) is 7.07. The number of rotatable bonds is 10. The van der Waals surface area contributed by atoms with E-state index in [0.29, 0.717) is 11.4 Å². The number of benzene rings is 3. The number of nitrogens with zero attached hydrogens (tertiary/aromatic N) is 2. The Kier molecular flexibility index (Phi) is 9.57. The van der Waals surface area contributed by atoms with Crippen LogP contribution < -0.4 is 9.62 Å². The van der Waals surface area contributed by atoms with Crippen LogP contribution in [0.15, 0.2) is 89.8 Å². The third-order valence-corrected chi connectivity index (χ3v) is 7.81. The zero-order valence-corrected chi connectivity index (χ0v) is 23.7. The van der Waals surface area contributed by atoms with Gasteiger partial charge in [-0.1, -0.05) is 73.1 Å². The van der Waals surface area contributed by atoms with Crippen molar-refractivity contribution in [1.29, 1.82) is 0 Å². The van der Waals surface area contributed by atoms with Crippen molar-refractivity contribution in [2.24, 2.45) is 0 Å². The highest BCUT2D eigenvalue weighted by Gasteiger charge is 2.34. The van der Waals surface area contributed by atoms with Crippen LogP contribution in [-0.2, 0) is 26.2 Å². The van der Waals surface area contributed by atoms with Gasteiger partial charge in [-0.15, -0.1) is 0 Å². The Bertz CT molecular complexity index is 1340. The van der Waals surface area contributed by atoms with E-state index in [9.17, 15) is 18.0 Å². The van der Waals surface area contributed by atoms with Crippen molar-refractivity contribution < 1.29 is 18.0 Å². The van der Waals surface area contributed by atoms with Gasteiger partial charge in [0.2, 0.25) is 11.8 Å².